The van der Waals surface area contributed by atoms with E-state index in [4.69, 9.17) is 0 Å². The van der Waals surface area contributed by atoms with Crippen molar-refractivity contribution in [3.05, 3.63) is 194 Å². The van der Waals surface area contributed by atoms with Crippen molar-refractivity contribution in [3.63, 3.8) is 0 Å². The molecule has 5 aromatic carbocycles. The lowest BCUT2D eigenvalue weighted by atomic mass is 9.96. The van der Waals surface area contributed by atoms with Gasteiger partial charge in [0.2, 0.25) is 0 Å². The third-order valence-electron chi connectivity index (χ3n) is 9.35. The number of fused-ring (bicyclic) bond motifs is 2. The molecule has 0 unspecified atom stereocenters. The van der Waals surface area contributed by atoms with Crippen LogP contribution in [0.4, 0.5) is 26.3 Å². The summed E-state index contributed by atoms with van der Waals surface area (Å²) in [7, 11) is 0. The first-order valence-corrected chi connectivity index (χ1v) is 17.0. The molecule has 0 fully saturated rings. The van der Waals surface area contributed by atoms with Gasteiger partial charge >= 0.3 is 12.4 Å². The highest BCUT2D eigenvalue weighted by atomic mass is 19.4. The molecule has 2 heterocycles. The standard InChI is InChI=1S/C44H26F6N2O4/c1-25-3-7-29(8-4-25)23-51-39(53)35-33(21-15-27-11-17-31(18-12-27)43(45,46)47)37-38(42(56)52(41(37)55)24-30-9-5-26(2)6-10-30)34(36(35)40(51)54)22-16-28-13-19-32(20-14-28)44(48,49)50/h3-14,17-20H,23-24H2,1-2H3. The zero-order chi connectivity index (χ0) is 40.1. The number of hydrogen-bond acceptors (Lipinski definition) is 4. The number of benzene rings is 5. The number of aromatic nitrogens is 2. The fourth-order valence-corrected chi connectivity index (χ4v) is 6.37. The van der Waals surface area contributed by atoms with Gasteiger partial charge in [-0.15, -0.1) is 0 Å². The summed E-state index contributed by atoms with van der Waals surface area (Å²) in [4.78, 5) is 57.5. The van der Waals surface area contributed by atoms with E-state index < -0.39 is 45.7 Å². The van der Waals surface area contributed by atoms with Crippen LogP contribution in [0.5, 0.6) is 0 Å². The molecule has 12 heteroatoms. The van der Waals surface area contributed by atoms with E-state index in [0.717, 1.165) is 68.8 Å². The summed E-state index contributed by atoms with van der Waals surface area (Å²) in [5.74, 6) is 10.9. The van der Waals surface area contributed by atoms with Crippen LogP contribution in [0.2, 0.25) is 0 Å². The fraction of sp³-hybridized carbons (Fsp3) is 0.136. The number of alkyl halides is 6. The lowest BCUT2D eigenvalue weighted by Crippen LogP contribution is -2.27. The van der Waals surface area contributed by atoms with Crippen LogP contribution in [0.15, 0.2) is 116 Å². The van der Waals surface area contributed by atoms with Crippen molar-refractivity contribution in [2.45, 2.75) is 39.3 Å². The highest BCUT2D eigenvalue weighted by Gasteiger charge is 2.31. The van der Waals surface area contributed by atoms with Gasteiger partial charge in [-0.3, -0.25) is 28.3 Å². The van der Waals surface area contributed by atoms with Gasteiger partial charge in [-0.05, 0) is 73.5 Å². The minimum Gasteiger partial charge on any atom is -0.270 e. The Labute approximate surface area is 313 Å². The van der Waals surface area contributed by atoms with Crippen LogP contribution in [0, 0.1) is 37.5 Å². The summed E-state index contributed by atoms with van der Waals surface area (Å²) in [6.07, 6.45) is -9.24. The van der Waals surface area contributed by atoms with E-state index >= 15 is 0 Å². The van der Waals surface area contributed by atoms with Crippen molar-refractivity contribution in [1.82, 2.24) is 9.13 Å². The van der Waals surface area contributed by atoms with E-state index in [0.29, 0.717) is 11.1 Å². The van der Waals surface area contributed by atoms with E-state index in [2.05, 4.69) is 23.7 Å². The molecule has 0 aliphatic rings. The smallest absolute Gasteiger partial charge is 0.270 e. The fourth-order valence-electron chi connectivity index (χ4n) is 6.37. The SMILES string of the molecule is Cc1ccc(Cn2c(=O)c3c(C#Cc4ccc(C(F)(F)F)cc4)c4c(=O)n(Cc5ccc(C)cc5)c(=O)c4c(C#Cc4ccc(C(F)(F)F)cc4)c3c2=O)cc1. The van der Waals surface area contributed by atoms with Gasteiger partial charge in [-0.25, -0.2) is 0 Å². The third-order valence-corrected chi connectivity index (χ3v) is 9.35. The minimum atomic E-state index is -4.62. The summed E-state index contributed by atoms with van der Waals surface area (Å²) in [6.45, 7) is 3.28. The molecular formula is C44H26F6N2O4. The lowest BCUT2D eigenvalue weighted by molar-refractivity contribution is -0.138. The third kappa shape index (κ3) is 7.05. The van der Waals surface area contributed by atoms with Crippen molar-refractivity contribution in [2.24, 2.45) is 0 Å². The molecule has 0 bridgehead atoms. The largest absolute Gasteiger partial charge is 0.416 e. The first kappa shape index (κ1) is 37.4. The van der Waals surface area contributed by atoms with Crippen LogP contribution in [0.1, 0.15) is 55.6 Å². The van der Waals surface area contributed by atoms with Gasteiger partial charge in [-0.1, -0.05) is 83.3 Å². The zero-order valence-corrected chi connectivity index (χ0v) is 29.4. The first-order valence-electron chi connectivity index (χ1n) is 17.0. The van der Waals surface area contributed by atoms with Crippen molar-refractivity contribution in [3.8, 4) is 23.7 Å². The van der Waals surface area contributed by atoms with Gasteiger partial charge in [0.15, 0.2) is 0 Å². The number of nitrogens with zero attached hydrogens (tertiary/aromatic N) is 2. The monoisotopic (exact) mass is 760 g/mol. The highest BCUT2D eigenvalue weighted by Crippen LogP contribution is 2.31. The van der Waals surface area contributed by atoms with E-state index in [1.807, 2.05) is 13.8 Å². The normalized spacial score (nSPS) is 11.7. The molecule has 56 heavy (non-hydrogen) atoms. The lowest BCUT2D eigenvalue weighted by Gasteiger charge is -2.05. The van der Waals surface area contributed by atoms with Gasteiger partial charge in [0, 0.05) is 11.1 Å². The van der Waals surface area contributed by atoms with Crippen LogP contribution in [-0.4, -0.2) is 9.13 Å². The Balaban J connectivity index is 1.56. The molecule has 0 saturated heterocycles. The van der Waals surface area contributed by atoms with Crippen LogP contribution in [0.25, 0.3) is 21.5 Å². The van der Waals surface area contributed by atoms with Gasteiger partial charge in [0.1, 0.15) is 0 Å². The Bertz CT molecular complexity index is 2720. The Morgan fingerprint density at radius 1 is 0.429 bits per heavy atom. The Hall–Kier alpha value is -6.92. The summed E-state index contributed by atoms with van der Waals surface area (Å²) in [6, 6.07) is 21.7. The molecule has 0 spiro atoms. The second kappa shape index (κ2) is 14.1. The summed E-state index contributed by atoms with van der Waals surface area (Å²) >= 11 is 0. The predicted octanol–water partition coefficient (Wildman–Crippen LogP) is 7.46. The quantitative estimate of drug-likeness (QED) is 0.138. The van der Waals surface area contributed by atoms with Gasteiger partial charge in [0.25, 0.3) is 22.2 Å². The van der Waals surface area contributed by atoms with Gasteiger partial charge in [0.05, 0.1) is 56.9 Å². The number of aryl methyl sites for hydroxylation is 2. The number of rotatable bonds is 4. The van der Waals surface area contributed by atoms with Crippen LogP contribution >= 0.6 is 0 Å². The summed E-state index contributed by atoms with van der Waals surface area (Å²) in [5.41, 5.74) is -2.74. The van der Waals surface area contributed by atoms with Crippen LogP contribution < -0.4 is 22.2 Å². The predicted molar refractivity (Wildman–Crippen MR) is 200 cm³/mol. The van der Waals surface area contributed by atoms with Crippen LogP contribution in [-0.2, 0) is 25.4 Å². The molecule has 0 atom stereocenters. The van der Waals surface area contributed by atoms with E-state index in [1.165, 1.54) is 0 Å². The molecule has 278 valence electrons. The van der Waals surface area contributed by atoms with Crippen LogP contribution in [0.3, 0.4) is 0 Å². The molecule has 7 aromatic rings. The molecular weight excluding hydrogens is 734 g/mol. The topological polar surface area (TPSA) is 78.1 Å². The first-order chi connectivity index (χ1) is 26.5. The Morgan fingerprint density at radius 2 is 0.714 bits per heavy atom. The Kier molecular flexibility index (Phi) is 9.39. The maximum absolute atomic E-state index is 14.4. The molecule has 7 rings (SSSR count). The molecule has 6 nitrogen and oxygen atoms in total. The molecule has 0 saturated carbocycles. The average molecular weight is 761 g/mol. The van der Waals surface area contributed by atoms with Crippen molar-refractivity contribution in [2.75, 3.05) is 0 Å². The molecule has 2 aromatic heterocycles. The zero-order valence-electron chi connectivity index (χ0n) is 29.4. The van der Waals surface area contributed by atoms with Gasteiger partial charge in [-0.2, -0.15) is 26.3 Å². The Morgan fingerprint density at radius 3 is 0.982 bits per heavy atom. The second-order valence-corrected chi connectivity index (χ2v) is 13.3. The van der Waals surface area contributed by atoms with E-state index in [1.54, 1.807) is 48.5 Å². The second-order valence-electron chi connectivity index (χ2n) is 13.3. The minimum absolute atomic E-state index is 0.0771. The summed E-state index contributed by atoms with van der Waals surface area (Å²) < 4.78 is 81.6. The van der Waals surface area contributed by atoms with Crippen molar-refractivity contribution >= 4 is 21.5 Å². The molecule has 0 N–H and O–H groups in total. The summed E-state index contributed by atoms with van der Waals surface area (Å²) in [5, 5.41) is -1.35. The highest BCUT2D eigenvalue weighted by molar-refractivity contribution is 6.09. The average Bonchev–Trinajstić information content (AvgIpc) is 3.55. The molecule has 0 aliphatic heterocycles. The van der Waals surface area contributed by atoms with Gasteiger partial charge < -0.3 is 0 Å². The maximum Gasteiger partial charge on any atom is 0.416 e. The van der Waals surface area contributed by atoms with Crippen molar-refractivity contribution in [1.29, 1.82) is 0 Å². The molecule has 0 radical (unpaired) electrons. The molecule has 0 aliphatic carbocycles. The van der Waals surface area contributed by atoms with E-state index in [9.17, 15) is 45.5 Å². The van der Waals surface area contributed by atoms with E-state index in [-0.39, 0.29) is 56.9 Å². The number of hydrogen-bond donors (Lipinski definition) is 0. The maximum atomic E-state index is 14.4. The van der Waals surface area contributed by atoms with Crippen molar-refractivity contribution < 1.29 is 26.3 Å². The number of halogens is 6. The molecule has 0 amide bonds.